The van der Waals surface area contributed by atoms with Crippen molar-refractivity contribution in [3.63, 3.8) is 0 Å². The summed E-state index contributed by atoms with van der Waals surface area (Å²) in [5.41, 5.74) is 4.43. The monoisotopic (exact) mass is 386 g/mol. The SMILES string of the molecule is CC(C)c1cc(C(C)C)cc(C(C)C)c1.[Br][Mg][Br]. The van der Waals surface area contributed by atoms with Crippen molar-refractivity contribution in [1.82, 2.24) is 0 Å². The van der Waals surface area contributed by atoms with Gasteiger partial charge in [0.15, 0.2) is 0 Å². The molecule has 0 atom stereocenters. The highest BCUT2D eigenvalue weighted by atomic mass is 79.9. The fourth-order valence-electron chi connectivity index (χ4n) is 1.70. The maximum atomic E-state index is 3.20. The number of halogens is 2. The van der Waals surface area contributed by atoms with Gasteiger partial charge >= 0.3 is 16.0 Å². The Bertz CT molecular complexity index is 282. The summed E-state index contributed by atoms with van der Waals surface area (Å²) < 4.78 is 0. The van der Waals surface area contributed by atoms with Crippen molar-refractivity contribution in [3.8, 4) is 0 Å². The van der Waals surface area contributed by atoms with Crippen LogP contribution in [0.3, 0.4) is 0 Å². The predicted molar refractivity (Wildman–Crippen MR) is 92.3 cm³/mol. The van der Waals surface area contributed by atoms with Gasteiger partial charge < -0.3 is 0 Å². The zero-order valence-corrected chi connectivity index (χ0v) is 17.0. The van der Waals surface area contributed by atoms with E-state index in [2.05, 4.69) is 85.5 Å². The van der Waals surface area contributed by atoms with E-state index in [0.29, 0.717) is 17.8 Å². The second kappa shape index (κ2) is 9.79. The van der Waals surface area contributed by atoms with Crippen LogP contribution in [0, 0.1) is 0 Å². The predicted octanol–water partition coefficient (Wildman–Crippen LogP) is 6.37. The van der Waals surface area contributed by atoms with Gasteiger partial charge in [0, 0.05) is 0 Å². The normalized spacial score (nSPS) is 10.4. The Balaban J connectivity index is 0.000000873. The Morgan fingerprint density at radius 3 is 0.944 bits per heavy atom. The van der Waals surface area contributed by atoms with Crippen LogP contribution >= 0.6 is 25.8 Å². The average Bonchev–Trinajstić information content (AvgIpc) is 2.29. The lowest BCUT2D eigenvalue weighted by Crippen LogP contribution is -1.98. The lowest BCUT2D eigenvalue weighted by atomic mass is 9.90. The first-order valence-corrected chi connectivity index (χ1v) is 14.4. The van der Waals surface area contributed by atoms with Gasteiger partial charge in [-0.1, -0.05) is 59.7 Å². The molecule has 0 spiro atoms. The van der Waals surface area contributed by atoms with Gasteiger partial charge in [-0.05, 0) is 34.4 Å². The summed E-state index contributed by atoms with van der Waals surface area (Å²) in [6.45, 7) is 13.6. The molecule has 0 nitrogen and oxygen atoms in total. The maximum absolute atomic E-state index is 3.20. The van der Waals surface area contributed by atoms with E-state index in [0.717, 1.165) is 0 Å². The summed E-state index contributed by atoms with van der Waals surface area (Å²) in [6.07, 6.45) is 0. The zero-order valence-electron chi connectivity index (χ0n) is 12.4. The molecule has 0 aliphatic heterocycles. The van der Waals surface area contributed by atoms with E-state index in [9.17, 15) is 0 Å². The van der Waals surface area contributed by atoms with Crippen LogP contribution in [-0.4, -0.2) is 16.0 Å². The summed E-state index contributed by atoms with van der Waals surface area (Å²) in [5, 5.41) is 0. The van der Waals surface area contributed by atoms with Crippen molar-refractivity contribution in [2.24, 2.45) is 0 Å². The highest BCUT2D eigenvalue weighted by Crippen LogP contribution is 2.26. The van der Waals surface area contributed by atoms with E-state index >= 15 is 0 Å². The molecule has 0 N–H and O–H groups in total. The second-order valence-corrected chi connectivity index (χ2v) is 13.6. The molecule has 0 heterocycles. The zero-order chi connectivity index (χ0) is 14.3. The van der Waals surface area contributed by atoms with Gasteiger partial charge in [-0.25, -0.2) is 0 Å². The van der Waals surface area contributed by atoms with Crippen LogP contribution in [-0.2, 0) is 0 Å². The third-order valence-corrected chi connectivity index (χ3v) is 3.00. The number of rotatable bonds is 3. The van der Waals surface area contributed by atoms with Crippen molar-refractivity contribution >= 4 is 41.8 Å². The molecule has 1 aromatic rings. The molecule has 0 amide bonds. The quantitative estimate of drug-likeness (QED) is 0.528. The van der Waals surface area contributed by atoms with Crippen molar-refractivity contribution in [2.75, 3.05) is 0 Å². The molecular formula is C15H24Br2Mg. The molecule has 3 heteroatoms. The highest BCUT2D eigenvalue weighted by Gasteiger charge is 2.08. The molecule has 0 bridgehead atoms. The van der Waals surface area contributed by atoms with Gasteiger partial charge in [-0.2, -0.15) is 0 Å². The number of benzene rings is 1. The second-order valence-electron chi connectivity index (χ2n) is 5.50. The molecule has 0 radical (unpaired) electrons. The molecule has 0 saturated heterocycles. The number of hydrogen-bond acceptors (Lipinski definition) is 0. The van der Waals surface area contributed by atoms with Gasteiger partial charge in [0.2, 0.25) is 0 Å². The van der Waals surface area contributed by atoms with Crippen LogP contribution in [0.2, 0.25) is 0 Å². The van der Waals surface area contributed by atoms with Crippen molar-refractivity contribution in [2.45, 2.75) is 59.3 Å². The van der Waals surface area contributed by atoms with E-state index in [-0.39, 0.29) is 16.0 Å². The molecule has 0 aromatic heterocycles. The largest absolute Gasteiger partial charge is 0.560 e. The fraction of sp³-hybridized carbons (Fsp3) is 0.600. The Kier molecular flexibility index (Phi) is 10.3. The lowest BCUT2D eigenvalue weighted by molar-refractivity contribution is 0.804. The maximum Gasteiger partial charge on any atom is 0.560 e. The molecule has 0 aliphatic carbocycles. The van der Waals surface area contributed by atoms with Crippen LogP contribution in [0.4, 0.5) is 0 Å². The summed E-state index contributed by atoms with van der Waals surface area (Å²) in [5.74, 6) is 1.88. The molecule has 100 valence electrons. The van der Waals surface area contributed by atoms with E-state index in [1.54, 1.807) is 0 Å². The minimum Gasteiger partial charge on any atom is -0.280 e. The molecule has 0 saturated carbocycles. The molecule has 18 heavy (non-hydrogen) atoms. The Morgan fingerprint density at radius 2 is 0.833 bits per heavy atom. The summed E-state index contributed by atoms with van der Waals surface area (Å²) in [4.78, 5) is 0. The van der Waals surface area contributed by atoms with Crippen LogP contribution in [0.1, 0.15) is 76.0 Å². The molecular weight excluding hydrogens is 364 g/mol. The van der Waals surface area contributed by atoms with Crippen molar-refractivity contribution < 1.29 is 0 Å². The lowest BCUT2D eigenvalue weighted by Gasteiger charge is -2.16. The average molecular weight is 388 g/mol. The molecule has 1 rings (SSSR count). The van der Waals surface area contributed by atoms with Crippen LogP contribution < -0.4 is 0 Å². The smallest absolute Gasteiger partial charge is 0.280 e. The van der Waals surface area contributed by atoms with Crippen LogP contribution in [0.15, 0.2) is 18.2 Å². The third-order valence-electron chi connectivity index (χ3n) is 3.00. The Hall–Kier alpha value is 0.946. The molecule has 0 fully saturated rings. The van der Waals surface area contributed by atoms with Gasteiger partial charge in [-0.3, -0.25) is 25.8 Å². The standard InChI is InChI=1S/C15H24.2BrH.Mg/c1-10(2)13-7-14(11(3)4)9-15(8-13)12(5)6;;;/h7-12H,1-6H3;2*1H;/q;;;+2/p-2. The molecule has 1 aromatic carbocycles. The first kappa shape index (κ1) is 18.9. The van der Waals surface area contributed by atoms with Gasteiger partial charge in [0.25, 0.3) is 0 Å². The first-order valence-electron chi connectivity index (χ1n) is 6.60. The van der Waals surface area contributed by atoms with Gasteiger partial charge in [-0.15, -0.1) is 0 Å². The minimum absolute atomic E-state index is 0.0417. The van der Waals surface area contributed by atoms with E-state index in [1.165, 1.54) is 16.7 Å². The van der Waals surface area contributed by atoms with Gasteiger partial charge in [0.1, 0.15) is 0 Å². The number of hydrogen-bond donors (Lipinski definition) is 0. The summed E-state index contributed by atoms with van der Waals surface area (Å²) >= 11 is 6.44. The fourth-order valence-corrected chi connectivity index (χ4v) is 1.70. The summed E-state index contributed by atoms with van der Waals surface area (Å²) in [7, 11) is 0. The van der Waals surface area contributed by atoms with Crippen LogP contribution in [0.5, 0.6) is 0 Å². The Labute approximate surface area is 135 Å². The molecule has 0 aliphatic rings. The van der Waals surface area contributed by atoms with E-state index < -0.39 is 0 Å². The summed E-state index contributed by atoms with van der Waals surface area (Å²) in [6, 6.07) is 7.09. The minimum atomic E-state index is 0.0417. The molecule has 0 unspecified atom stereocenters. The third kappa shape index (κ3) is 6.92. The van der Waals surface area contributed by atoms with E-state index in [4.69, 9.17) is 0 Å². The Morgan fingerprint density at radius 1 is 0.667 bits per heavy atom. The first-order chi connectivity index (χ1) is 8.33. The highest BCUT2D eigenvalue weighted by molar-refractivity contribution is 9.47. The van der Waals surface area contributed by atoms with Crippen LogP contribution in [0.25, 0.3) is 0 Å². The van der Waals surface area contributed by atoms with Gasteiger partial charge in [0.05, 0.1) is 0 Å². The van der Waals surface area contributed by atoms with Crippen molar-refractivity contribution in [1.29, 1.82) is 0 Å². The van der Waals surface area contributed by atoms with Crippen molar-refractivity contribution in [3.05, 3.63) is 34.9 Å². The van der Waals surface area contributed by atoms with E-state index in [1.807, 2.05) is 0 Å². The topological polar surface area (TPSA) is 0 Å².